The van der Waals surface area contributed by atoms with E-state index in [4.69, 9.17) is 23.2 Å². The van der Waals surface area contributed by atoms with Gasteiger partial charge in [-0.15, -0.1) is 0 Å². The van der Waals surface area contributed by atoms with Crippen molar-refractivity contribution in [2.75, 3.05) is 43.4 Å². The summed E-state index contributed by atoms with van der Waals surface area (Å²) in [7, 11) is 2.09. The van der Waals surface area contributed by atoms with Gasteiger partial charge in [0.1, 0.15) is 18.0 Å². The van der Waals surface area contributed by atoms with Crippen LogP contribution in [0.4, 0.5) is 11.6 Å². The highest BCUT2D eigenvalue weighted by Crippen LogP contribution is 2.22. The van der Waals surface area contributed by atoms with E-state index in [9.17, 15) is 4.79 Å². The maximum Gasteiger partial charge on any atom is 0.258 e. The van der Waals surface area contributed by atoms with Crippen molar-refractivity contribution in [3.63, 3.8) is 0 Å². The number of piperazine rings is 1. The molecule has 1 aromatic carbocycles. The van der Waals surface area contributed by atoms with Crippen LogP contribution in [0.25, 0.3) is 0 Å². The van der Waals surface area contributed by atoms with E-state index < -0.39 is 0 Å². The molecular formula is C16H17Cl2N5O. The van der Waals surface area contributed by atoms with E-state index >= 15 is 0 Å². The molecule has 2 heterocycles. The Morgan fingerprint density at radius 3 is 2.62 bits per heavy atom. The molecule has 1 aromatic heterocycles. The number of carbonyl (C=O) groups excluding carboxylic acids is 1. The van der Waals surface area contributed by atoms with Gasteiger partial charge < -0.3 is 15.1 Å². The molecule has 1 saturated heterocycles. The van der Waals surface area contributed by atoms with Gasteiger partial charge in [-0.1, -0.05) is 23.2 Å². The molecule has 24 heavy (non-hydrogen) atoms. The van der Waals surface area contributed by atoms with Gasteiger partial charge in [-0.05, 0) is 25.2 Å². The Morgan fingerprint density at radius 1 is 1.12 bits per heavy atom. The van der Waals surface area contributed by atoms with Gasteiger partial charge in [0, 0.05) is 37.3 Å². The van der Waals surface area contributed by atoms with Crippen LogP contribution in [-0.2, 0) is 0 Å². The zero-order valence-corrected chi connectivity index (χ0v) is 14.7. The second kappa shape index (κ2) is 7.34. The van der Waals surface area contributed by atoms with Crippen molar-refractivity contribution < 1.29 is 4.79 Å². The number of anilines is 2. The lowest BCUT2D eigenvalue weighted by Crippen LogP contribution is -2.44. The number of benzene rings is 1. The molecule has 2 aromatic rings. The summed E-state index contributed by atoms with van der Waals surface area (Å²) in [6.07, 6.45) is 1.45. The predicted molar refractivity (Wildman–Crippen MR) is 96.2 cm³/mol. The number of nitrogens with one attached hydrogen (secondary N) is 1. The Kier molecular flexibility index (Phi) is 5.18. The second-order valence-electron chi connectivity index (χ2n) is 5.63. The zero-order chi connectivity index (χ0) is 17.1. The first-order chi connectivity index (χ1) is 11.5. The summed E-state index contributed by atoms with van der Waals surface area (Å²) in [5.41, 5.74) is 0.309. The smallest absolute Gasteiger partial charge is 0.258 e. The minimum atomic E-state index is -0.356. The first-order valence-electron chi connectivity index (χ1n) is 7.55. The van der Waals surface area contributed by atoms with Crippen LogP contribution >= 0.6 is 23.2 Å². The molecule has 6 nitrogen and oxygen atoms in total. The fourth-order valence-corrected chi connectivity index (χ4v) is 2.85. The minimum absolute atomic E-state index is 0.309. The Balaban J connectivity index is 1.75. The van der Waals surface area contributed by atoms with E-state index in [0.717, 1.165) is 32.0 Å². The molecule has 1 aliphatic rings. The average Bonchev–Trinajstić information content (AvgIpc) is 2.58. The van der Waals surface area contributed by atoms with Crippen LogP contribution in [0, 0.1) is 0 Å². The molecule has 3 rings (SSSR count). The molecule has 0 spiro atoms. The SMILES string of the molecule is CN1CCN(c2cc(NC(=O)c3cc(Cl)ccc3Cl)ncn2)CC1. The number of hydrogen-bond acceptors (Lipinski definition) is 5. The van der Waals surface area contributed by atoms with Gasteiger partial charge in [-0.3, -0.25) is 4.79 Å². The third-order valence-corrected chi connectivity index (χ3v) is 4.46. The quantitative estimate of drug-likeness (QED) is 0.905. The van der Waals surface area contributed by atoms with Crippen LogP contribution in [-0.4, -0.2) is 54.0 Å². The van der Waals surface area contributed by atoms with Crippen LogP contribution in [0.15, 0.2) is 30.6 Å². The van der Waals surface area contributed by atoms with Crippen molar-refractivity contribution in [3.8, 4) is 0 Å². The molecule has 1 N–H and O–H groups in total. The molecule has 1 amide bonds. The van der Waals surface area contributed by atoms with E-state index in [0.29, 0.717) is 21.4 Å². The average molecular weight is 366 g/mol. The lowest BCUT2D eigenvalue weighted by molar-refractivity contribution is 0.102. The van der Waals surface area contributed by atoms with Crippen LogP contribution < -0.4 is 10.2 Å². The molecule has 0 radical (unpaired) electrons. The number of likely N-dealkylation sites (N-methyl/N-ethyl adjacent to an activating group) is 1. The molecule has 0 bridgehead atoms. The van der Waals surface area contributed by atoms with Crippen LogP contribution in [0.1, 0.15) is 10.4 Å². The monoisotopic (exact) mass is 365 g/mol. The lowest BCUT2D eigenvalue weighted by Gasteiger charge is -2.33. The van der Waals surface area contributed by atoms with E-state index in [-0.39, 0.29) is 5.91 Å². The number of nitrogens with zero attached hydrogens (tertiary/aromatic N) is 4. The normalized spacial score (nSPS) is 15.4. The van der Waals surface area contributed by atoms with E-state index in [1.54, 1.807) is 18.2 Å². The van der Waals surface area contributed by atoms with E-state index in [2.05, 4.69) is 32.1 Å². The summed E-state index contributed by atoms with van der Waals surface area (Å²) in [4.78, 5) is 25.2. The van der Waals surface area contributed by atoms with Gasteiger partial charge in [0.2, 0.25) is 0 Å². The lowest BCUT2D eigenvalue weighted by atomic mass is 10.2. The largest absolute Gasteiger partial charge is 0.354 e. The summed E-state index contributed by atoms with van der Waals surface area (Å²) in [6, 6.07) is 6.52. The minimum Gasteiger partial charge on any atom is -0.354 e. The number of carbonyl (C=O) groups is 1. The molecular weight excluding hydrogens is 349 g/mol. The maximum absolute atomic E-state index is 12.4. The third kappa shape index (κ3) is 3.95. The topological polar surface area (TPSA) is 61.4 Å². The van der Waals surface area contributed by atoms with Gasteiger partial charge in [-0.25, -0.2) is 9.97 Å². The van der Waals surface area contributed by atoms with Gasteiger partial charge in [0.15, 0.2) is 0 Å². The number of amides is 1. The molecule has 126 valence electrons. The second-order valence-corrected chi connectivity index (χ2v) is 6.47. The molecule has 0 aliphatic carbocycles. The Hall–Kier alpha value is -1.89. The van der Waals surface area contributed by atoms with Gasteiger partial charge >= 0.3 is 0 Å². The fraction of sp³-hybridized carbons (Fsp3) is 0.312. The molecule has 0 saturated carbocycles. The van der Waals surface area contributed by atoms with E-state index in [1.165, 1.54) is 12.4 Å². The number of halogens is 2. The van der Waals surface area contributed by atoms with Crippen molar-refractivity contribution >= 4 is 40.7 Å². The van der Waals surface area contributed by atoms with Gasteiger partial charge in [0.25, 0.3) is 5.91 Å². The highest BCUT2D eigenvalue weighted by atomic mass is 35.5. The summed E-state index contributed by atoms with van der Waals surface area (Å²) in [6.45, 7) is 3.73. The molecule has 8 heteroatoms. The molecule has 1 aliphatic heterocycles. The van der Waals surface area contributed by atoms with Gasteiger partial charge in [-0.2, -0.15) is 0 Å². The highest BCUT2D eigenvalue weighted by Gasteiger charge is 2.17. The van der Waals surface area contributed by atoms with Crippen molar-refractivity contribution in [3.05, 3.63) is 46.2 Å². The van der Waals surface area contributed by atoms with Crippen LogP contribution in [0.3, 0.4) is 0 Å². The molecule has 0 unspecified atom stereocenters. The van der Waals surface area contributed by atoms with Gasteiger partial charge in [0.05, 0.1) is 10.6 Å². The fourth-order valence-electron chi connectivity index (χ4n) is 2.48. The standard InChI is InChI=1S/C16H17Cl2N5O/c1-22-4-6-23(7-5-22)15-9-14(19-10-20-15)21-16(24)12-8-11(17)2-3-13(12)18/h2-3,8-10H,4-7H2,1H3,(H,19,20,21,24). The summed E-state index contributed by atoms with van der Waals surface area (Å²) in [5.74, 6) is 0.871. The third-order valence-electron chi connectivity index (χ3n) is 3.89. The summed E-state index contributed by atoms with van der Waals surface area (Å²) < 4.78 is 0. The summed E-state index contributed by atoms with van der Waals surface area (Å²) >= 11 is 12.0. The highest BCUT2D eigenvalue weighted by molar-refractivity contribution is 6.36. The summed E-state index contributed by atoms with van der Waals surface area (Å²) in [5, 5.41) is 3.53. The van der Waals surface area contributed by atoms with Crippen molar-refractivity contribution in [2.24, 2.45) is 0 Å². The van der Waals surface area contributed by atoms with Crippen LogP contribution in [0.5, 0.6) is 0 Å². The number of hydrogen-bond donors (Lipinski definition) is 1. The van der Waals surface area contributed by atoms with Crippen molar-refractivity contribution in [1.29, 1.82) is 0 Å². The van der Waals surface area contributed by atoms with Crippen LogP contribution in [0.2, 0.25) is 10.0 Å². The maximum atomic E-state index is 12.4. The number of aromatic nitrogens is 2. The zero-order valence-electron chi connectivity index (χ0n) is 13.2. The predicted octanol–water partition coefficient (Wildman–Crippen LogP) is 2.79. The van der Waals surface area contributed by atoms with E-state index in [1.807, 2.05) is 0 Å². The Labute approximate surface area is 150 Å². The first-order valence-corrected chi connectivity index (χ1v) is 8.30. The molecule has 0 atom stereocenters. The number of rotatable bonds is 3. The van der Waals surface area contributed by atoms with Crippen molar-refractivity contribution in [1.82, 2.24) is 14.9 Å². The first kappa shape index (κ1) is 17.0. The Bertz CT molecular complexity index is 747. The van der Waals surface area contributed by atoms with Crippen molar-refractivity contribution in [2.45, 2.75) is 0 Å². The Morgan fingerprint density at radius 2 is 1.88 bits per heavy atom. The molecule has 1 fully saturated rings.